The van der Waals surface area contributed by atoms with Crippen molar-refractivity contribution in [2.45, 2.75) is 104 Å². The summed E-state index contributed by atoms with van der Waals surface area (Å²) in [5.41, 5.74) is 2.34. The molecule has 4 rings (SSSR count). The molecule has 3 amide bonds. The Morgan fingerprint density at radius 1 is 0.961 bits per heavy atom. The zero-order valence-electron chi connectivity index (χ0n) is 31.1. The van der Waals surface area contributed by atoms with Crippen LogP contribution in [0.25, 0.3) is 0 Å². The predicted octanol–water partition coefficient (Wildman–Crippen LogP) is 4.71. The molecule has 2 aromatic carbocycles. The van der Waals surface area contributed by atoms with Crippen LogP contribution in [-0.4, -0.2) is 93.7 Å². The van der Waals surface area contributed by atoms with Gasteiger partial charge in [-0.15, -0.1) is 11.3 Å². The van der Waals surface area contributed by atoms with Crippen molar-refractivity contribution in [3.8, 4) is 0 Å². The van der Waals surface area contributed by atoms with Gasteiger partial charge in [0.05, 0.1) is 22.8 Å². The fourth-order valence-corrected chi connectivity index (χ4v) is 6.89. The minimum atomic E-state index is -1.01. The summed E-state index contributed by atoms with van der Waals surface area (Å²) in [5, 5.41) is 23.6. The topological polar surface area (TPSA) is 136 Å². The maximum atomic E-state index is 13.8. The highest BCUT2D eigenvalue weighted by molar-refractivity contribution is 7.09. The number of thiazole rings is 1. The summed E-state index contributed by atoms with van der Waals surface area (Å²) in [6.45, 7) is 16.3. The Kier molecular flexibility index (Phi) is 14.6. The summed E-state index contributed by atoms with van der Waals surface area (Å²) in [6, 6.07) is 17.7. The van der Waals surface area contributed by atoms with Crippen LogP contribution in [0, 0.1) is 5.92 Å². The first kappa shape index (κ1) is 39.9. The number of carbonyl (C=O) groups is 3. The number of benzene rings is 2. The molecule has 4 atom stereocenters. The zero-order valence-corrected chi connectivity index (χ0v) is 31.9. The average Bonchev–Trinajstić information content (AvgIpc) is 3.56. The molecule has 1 saturated heterocycles. The van der Waals surface area contributed by atoms with Crippen molar-refractivity contribution in [2.75, 3.05) is 26.2 Å². The number of aliphatic hydroxyl groups is 1. The SMILES string of the molecule is CC(C)c1nc(COC(=O)N[C@H](C(=O)N[C@@H](Cc2ccccc2)[C@H](O)CN2CCN(Cc3ccccc3)C[C@H]2C(=O)NC(C)(C)C)C(C)C)cs1. The number of rotatable bonds is 15. The molecule has 1 fully saturated rings. The zero-order chi connectivity index (χ0) is 37.1. The smallest absolute Gasteiger partial charge is 0.408 e. The van der Waals surface area contributed by atoms with E-state index in [9.17, 15) is 19.5 Å². The first-order chi connectivity index (χ1) is 24.2. The van der Waals surface area contributed by atoms with E-state index in [-0.39, 0.29) is 30.9 Å². The van der Waals surface area contributed by atoms with Crippen LogP contribution >= 0.6 is 11.3 Å². The third-order valence-corrected chi connectivity index (χ3v) is 9.97. The number of β-amino-alcohol motifs (C(OH)–C–C–N with tert-alkyl or cyclic N) is 1. The van der Waals surface area contributed by atoms with Gasteiger partial charge in [-0.05, 0) is 44.2 Å². The van der Waals surface area contributed by atoms with E-state index in [1.165, 1.54) is 16.9 Å². The number of hydrogen-bond donors (Lipinski definition) is 4. The third-order valence-electron chi connectivity index (χ3n) is 8.77. The van der Waals surface area contributed by atoms with Gasteiger partial charge in [0.15, 0.2) is 0 Å². The number of alkyl carbamates (subject to hydrolysis) is 1. The number of amides is 3. The number of nitrogens with zero attached hydrogens (tertiary/aromatic N) is 3. The Labute approximate surface area is 307 Å². The van der Waals surface area contributed by atoms with Crippen molar-refractivity contribution in [2.24, 2.45) is 5.92 Å². The van der Waals surface area contributed by atoms with Crippen molar-refractivity contribution < 1.29 is 24.2 Å². The number of nitrogens with one attached hydrogen (secondary N) is 3. The standard InChI is InChI=1S/C39H56N6O5S/c1-26(2)34(42-38(49)50-24-30-25-51-37(40-30)27(3)4)36(48)41-31(20-28-14-10-8-11-15-28)33(46)23-45-19-18-44(21-29-16-12-9-13-17-29)22-32(45)35(47)43-39(5,6)7/h8-17,25-27,31-34,46H,18-24H2,1-7H3,(H,41,48)(H,42,49)(H,43,47)/t31-,32-,33+,34-/m0/s1. The molecule has 0 aliphatic carbocycles. The maximum Gasteiger partial charge on any atom is 0.408 e. The molecule has 51 heavy (non-hydrogen) atoms. The van der Waals surface area contributed by atoms with Gasteiger partial charge >= 0.3 is 6.09 Å². The monoisotopic (exact) mass is 720 g/mol. The van der Waals surface area contributed by atoms with Gasteiger partial charge in [-0.1, -0.05) is 88.4 Å². The molecule has 1 aliphatic rings. The summed E-state index contributed by atoms with van der Waals surface area (Å²) in [7, 11) is 0. The molecule has 3 aromatic rings. The average molecular weight is 721 g/mol. The van der Waals surface area contributed by atoms with Crippen LogP contribution in [-0.2, 0) is 33.9 Å². The fourth-order valence-electron chi connectivity index (χ4n) is 6.07. The van der Waals surface area contributed by atoms with Gasteiger partial charge in [0, 0.05) is 49.6 Å². The van der Waals surface area contributed by atoms with Gasteiger partial charge in [0.1, 0.15) is 18.7 Å². The van der Waals surface area contributed by atoms with Crippen LogP contribution in [0.2, 0.25) is 0 Å². The van der Waals surface area contributed by atoms with Crippen LogP contribution in [0.1, 0.15) is 76.2 Å². The summed E-state index contributed by atoms with van der Waals surface area (Å²) in [6.07, 6.45) is -1.37. The van der Waals surface area contributed by atoms with Gasteiger partial charge in [-0.2, -0.15) is 0 Å². The lowest BCUT2D eigenvalue weighted by molar-refractivity contribution is -0.132. The Morgan fingerprint density at radius 2 is 1.61 bits per heavy atom. The molecule has 1 aliphatic heterocycles. The highest BCUT2D eigenvalue weighted by Gasteiger charge is 2.37. The van der Waals surface area contributed by atoms with E-state index in [4.69, 9.17) is 4.74 Å². The van der Waals surface area contributed by atoms with E-state index in [1.54, 1.807) is 0 Å². The van der Waals surface area contributed by atoms with Crippen molar-refractivity contribution >= 4 is 29.2 Å². The Balaban J connectivity index is 1.47. The molecule has 0 radical (unpaired) electrons. The van der Waals surface area contributed by atoms with Crippen molar-refractivity contribution in [1.29, 1.82) is 0 Å². The first-order valence-corrected chi connectivity index (χ1v) is 18.8. The van der Waals surface area contributed by atoms with Crippen molar-refractivity contribution in [1.82, 2.24) is 30.7 Å². The summed E-state index contributed by atoms with van der Waals surface area (Å²) >= 11 is 1.52. The highest BCUT2D eigenvalue weighted by atomic mass is 32.1. The van der Waals surface area contributed by atoms with Gasteiger partial charge in [-0.3, -0.25) is 19.4 Å². The van der Waals surface area contributed by atoms with Gasteiger partial charge in [0.2, 0.25) is 11.8 Å². The first-order valence-electron chi connectivity index (χ1n) is 17.9. The second-order valence-electron chi connectivity index (χ2n) is 15.1. The number of ether oxygens (including phenoxy) is 1. The molecule has 4 N–H and O–H groups in total. The lowest BCUT2D eigenvalue weighted by atomic mass is 9.97. The third kappa shape index (κ3) is 12.7. The molecule has 0 unspecified atom stereocenters. The van der Waals surface area contributed by atoms with E-state index in [2.05, 4.69) is 51.8 Å². The van der Waals surface area contributed by atoms with Gasteiger partial charge < -0.3 is 25.8 Å². The number of carbonyl (C=O) groups excluding carboxylic acids is 3. The molecular weight excluding hydrogens is 665 g/mol. The van der Waals surface area contributed by atoms with E-state index < -0.39 is 41.8 Å². The Hall–Kier alpha value is -3.84. The van der Waals surface area contributed by atoms with Crippen LogP contribution in [0.3, 0.4) is 0 Å². The quantitative estimate of drug-likeness (QED) is 0.178. The maximum absolute atomic E-state index is 13.8. The largest absolute Gasteiger partial charge is 0.443 e. The van der Waals surface area contributed by atoms with Crippen LogP contribution < -0.4 is 16.0 Å². The molecule has 0 bridgehead atoms. The Morgan fingerprint density at radius 3 is 2.20 bits per heavy atom. The highest BCUT2D eigenvalue weighted by Crippen LogP contribution is 2.20. The molecule has 278 valence electrons. The van der Waals surface area contributed by atoms with Crippen molar-refractivity contribution in [3.63, 3.8) is 0 Å². The summed E-state index contributed by atoms with van der Waals surface area (Å²) < 4.78 is 5.43. The summed E-state index contributed by atoms with van der Waals surface area (Å²) in [4.78, 5) is 49.2. The molecule has 11 nitrogen and oxygen atoms in total. The number of aromatic nitrogens is 1. The molecule has 2 heterocycles. The van der Waals surface area contributed by atoms with E-state index in [1.807, 2.05) is 93.4 Å². The second-order valence-corrected chi connectivity index (χ2v) is 16.0. The lowest BCUT2D eigenvalue weighted by Crippen LogP contribution is -2.63. The number of hydrogen-bond acceptors (Lipinski definition) is 9. The minimum Gasteiger partial charge on any atom is -0.443 e. The van der Waals surface area contributed by atoms with Gasteiger partial charge in [-0.25, -0.2) is 9.78 Å². The molecule has 12 heteroatoms. The Bertz CT molecular complexity index is 1540. The number of piperazine rings is 1. The summed E-state index contributed by atoms with van der Waals surface area (Å²) in [5.74, 6) is -0.507. The van der Waals surface area contributed by atoms with Gasteiger partial charge in [0.25, 0.3) is 0 Å². The second kappa shape index (κ2) is 18.6. The van der Waals surface area contributed by atoms with E-state index in [0.29, 0.717) is 25.2 Å². The van der Waals surface area contributed by atoms with Crippen LogP contribution in [0.15, 0.2) is 66.0 Å². The van der Waals surface area contributed by atoms with Crippen molar-refractivity contribution in [3.05, 3.63) is 87.9 Å². The molecule has 0 saturated carbocycles. The minimum absolute atomic E-state index is 0.000592. The predicted molar refractivity (Wildman–Crippen MR) is 201 cm³/mol. The van der Waals surface area contributed by atoms with Crippen LogP contribution in [0.4, 0.5) is 4.79 Å². The normalized spacial score (nSPS) is 17.5. The van der Waals surface area contributed by atoms with Crippen LogP contribution in [0.5, 0.6) is 0 Å². The van der Waals surface area contributed by atoms with E-state index in [0.717, 1.165) is 23.7 Å². The number of aliphatic hydroxyl groups excluding tert-OH is 1. The molecule has 0 spiro atoms. The molecular formula is C39H56N6O5S. The fraction of sp³-hybridized carbons (Fsp3) is 0.538. The van der Waals surface area contributed by atoms with E-state index >= 15 is 0 Å². The lowest BCUT2D eigenvalue weighted by Gasteiger charge is -2.43. The molecule has 1 aromatic heterocycles.